The van der Waals surface area contributed by atoms with Crippen molar-refractivity contribution in [2.45, 2.75) is 32.8 Å². The van der Waals surface area contributed by atoms with Gasteiger partial charge in [-0.3, -0.25) is 5.10 Å². The zero-order valence-electron chi connectivity index (χ0n) is 16.5. The van der Waals surface area contributed by atoms with Gasteiger partial charge in [-0.05, 0) is 30.3 Å². The number of hydrogen-bond donors (Lipinski definition) is 1. The molecule has 4 aromatic rings. The second-order valence-electron chi connectivity index (χ2n) is 7.19. The molecule has 1 aliphatic heterocycles. The lowest BCUT2D eigenvalue weighted by Crippen LogP contribution is -2.34. The van der Waals surface area contributed by atoms with Gasteiger partial charge in [0.1, 0.15) is 23.1 Å². The van der Waals surface area contributed by atoms with Crippen molar-refractivity contribution >= 4 is 16.7 Å². The van der Waals surface area contributed by atoms with Crippen LogP contribution in [0.25, 0.3) is 22.2 Å². The fraction of sp³-hybridized carbons (Fsp3) is 0.300. The Morgan fingerprint density at radius 3 is 2.81 bits per heavy atom. The van der Waals surface area contributed by atoms with Crippen molar-refractivity contribution in [1.82, 2.24) is 29.9 Å². The molecule has 160 valence electrons. The van der Waals surface area contributed by atoms with Crippen molar-refractivity contribution in [1.29, 1.82) is 0 Å². The van der Waals surface area contributed by atoms with E-state index in [-0.39, 0.29) is 5.75 Å². The molecule has 0 unspecified atom stereocenters. The standard InChI is InChI=1S/C20H18F3N7O/c1-2-16-26-27-18-11-29(7-8-30(16)18)17-9-12(5-6-24-17)19-14-10-13(31-20(21,22)23)3-4-15(14)25-28-19/h3-6,9-10H,2,7-8,11H2,1H3,(H,25,28). The van der Waals surface area contributed by atoms with Crippen LogP contribution in [0, 0.1) is 0 Å². The Balaban J connectivity index is 1.46. The molecule has 0 saturated carbocycles. The van der Waals surface area contributed by atoms with Crippen LogP contribution in [0.1, 0.15) is 18.6 Å². The number of benzene rings is 1. The largest absolute Gasteiger partial charge is 0.573 e. The van der Waals surface area contributed by atoms with Gasteiger partial charge < -0.3 is 14.2 Å². The van der Waals surface area contributed by atoms with E-state index >= 15 is 0 Å². The highest BCUT2D eigenvalue weighted by molar-refractivity contribution is 5.94. The summed E-state index contributed by atoms with van der Waals surface area (Å²) in [7, 11) is 0. The molecular formula is C20H18F3N7O. The Morgan fingerprint density at radius 2 is 2.00 bits per heavy atom. The summed E-state index contributed by atoms with van der Waals surface area (Å²) in [5.74, 6) is 2.30. The molecule has 11 heteroatoms. The molecule has 8 nitrogen and oxygen atoms in total. The van der Waals surface area contributed by atoms with Crippen molar-refractivity contribution in [3.05, 3.63) is 48.2 Å². The molecule has 31 heavy (non-hydrogen) atoms. The quantitative estimate of drug-likeness (QED) is 0.533. The number of pyridine rings is 1. The smallest absolute Gasteiger partial charge is 0.406 e. The van der Waals surface area contributed by atoms with Gasteiger partial charge in [0.25, 0.3) is 0 Å². The third-order valence-corrected chi connectivity index (χ3v) is 5.26. The van der Waals surface area contributed by atoms with E-state index in [1.54, 1.807) is 12.3 Å². The number of rotatable bonds is 4. The molecule has 0 fully saturated rings. The van der Waals surface area contributed by atoms with Crippen LogP contribution in [0.5, 0.6) is 5.75 Å². The maximum Gasteiger partial charge on any atom is 0.573 e. The molecule has 0 bridgehead atoms. The topological polar surface area (TPSA) is 84.8 Å². The molecule has 0 atom stereocenters. The van der Waals surface area contributed by atoms with Crippen LogP contribution in [-0.2, 0) is 19.5 Å². The molecule has 1 aliphatic rings. The average Bonchev–Trinajstić information content (AvgIpc) is 3.35. The maximum absolute atomic E-state index is 12.6. The number of halogens is 3. The molecule has 0 amide bonds. The normalized spacial score (nSPS) is 14.1. The van der Waals surface area contributed by atoms with Gasteiger partial charge in [0.05, 0.1) is 12.1 Å². The van der Waals surface area contributed by atoms with Crippen molar-refractivity contribution in [2.24, 2.45) is 0 Å². The Bertz CT molecular complexity index is 1250. The molecule has 0 radical (unpaired) electrons. The number of anilines is 1. The summed E-state index contributed by atoms with van der Waals surface area (Å²) in [4.78, 5) is 6.57. The van der Waals surface area contributed by atoms with Crippen LogP contribution >= 0.6 is 0 Å². The first kappa shape index (κ1) is 19.3. The summed E-state index contributed by atoms with van der Waals surface area (Å²) in [5, 5.41) is 16.2. The van der Waals surface area contributed by atoms with E-state index in [9.17, 15) is 13.2 Å². The summed E-state index contributed by atoms with van der Waals surface area (Å²) in [6, 6.07) is 7.75. The number of aromatic amines is 1. The minimum absolute atomic E-state index is 0.293. The lowest BCUT2D eigenvalue weighted by Gasteiger charge is -2.28. The van der Waals surface area contributed by atoms with E-state index in [0.717, 1.165) is 42.5 Å². The molecule has 0 aliphatic carbocycles. The lowest BCUT2D eigenvalue weighted by atomic mass is 10.1. The van der Waals surface area contributed by atoms with Crippen LogP contribution in [0.15, 0.2) is 36.5 Å². The van der Waals surface area contributed by atoms with E-state index in [1.807, 2.05) is 13.0 Å². The predicted octanol–water partition coefficient (Wildman–Crippen LogP) is 3.70. The molecule has 1 N–H and O–H groups in total. The fourth-order valence-corrected chi connectivity index (χ4v) is 3.82. The third-order valence-electron chi connectivity index (χ3n) is 5.26. The summed E-state index contributed by atoms with van der Waals surface area (Å²) in [6.07, 6.45) is -2.26. The van der Waals surface area contributed by atoms with Gasteiger partial charge in [0.15, 0.2) is 5.82 Å². The first-order chi connectivity index (χ1) is 14.9. The minimum Gasteiger partial charge on any atom is -0.406 e. The minimum atomic E-state index is -4.76. The number of nitrogens with zero attached hydrogens (tertiary/aromatic N) is 6. The highest BCUT2D eigenvalue weighted by Gasteiger charge is 2.31. The van der Waals surface area contributed by atoms with E-state index in [1.165, 1.54) is 18.2 Å². The molecule has 1 aromatic carbocycles. The lowest BCUT2D eigenvalue weighted by molar-refractivity contribution is -0.274. The molecular weight excluding hydrogens is 411 g/mol. The van der Waals surface area contributed by atoms with E-state index in [2.05, 4.69) is 39.6 Å². The summed E-state index contributed by atoms with van der Waals surface area (Å²) < 4.78 is 44.0. The summed E-state index contributed by atoms with van der Waals surface area (Å²) >= 11 is 0. The van der Waals surface area contributed by atoms with Crippen LogP contribution in [0.3, 0.4) is 0 Å². The zero-order valence-corrected chi connectivity index (χ0v) is 16.5. The van der Waals surface area contributed by atoms with Gasteiger partial charge >= 0.3 is 6.36 Å². The molecule has 5 rings (SSSR count). The summed E-state index contributed by atoms with van der Waals surface area (Å²) in [5.41, 5.74) is 1.88. The zero-order chi connectivity index (χ0) is 21.6. The number of alkyl halides is 3. The number of aryl methyl sites for hydroxylation is 1. The van der Waals surface area contributed by atoms with Crippen molar-refractivity contribution < 1.29 is 17.9 Å². The van der Waals surface area contributed by atoms with Gasteiger partial charge in [-0.1, -0.05) is 6.92 Å². The van der Waals surface area contributed by atoms with E-state index < -0.39 is 6.36 Å². The molecule has 3 aromatic heterocycles. The number of ether oxygens (including phenoxy) is 1. The van der Waals surface area contributed by atoms with Crippen molar-refractivity contribution in [2.75, 3.05) is 11.4 Å². The number of H-pyrrole nitrogens is 1. The van der Waals surface area contributed by atoms with Crippen LogP contribution in [-0.4, -0.2) is 42.9 Å². The Kier molecular flexibility index (Phi) is 4.53. The Hall–Kier alpha value is -3.63. The first-order valence-corrected chi connectivity index (χ1v) is 9.77. The first-order valence-electron chi connectivity index (χ1n) is 9.77. The van der Waals surface area contributed by atoms with Crippen LogP contribution < -0.4 is 9.64 Å². The average molecular weight is 429 g/mol. The number of hydrogen-bond acceptors (Lipinski definition) is 6. The predicted molar refractivity (Wildman–Crippen MR) is 106 cm³/mol. The van der Waals surface area contributed by atoms with Gasteiger partial charge in [0.2, 0.25) is 0 Å². The van der Waals surface area contributed by atoms with E-state index in [4.69, 9.17) is 0 Å². The number of fused-ring (bicyclic) bond motifs is 2. The second kappa shape index (κ2) is 7.25. The third kappa shape index (κ3) is 3.66. The van der Waals surface area contributed by atoms with E-state index in [0.29, 0.717) is 23.1 Å². The summed E-state index contributed by atoms with van der Waals surface area (Å²) in [6.45, 7) is 4.14. The monoisotopic (exact) mass is 429 g/mol. The van der Waals surface area contributed by atoms with Crippen LogP contribution in [0.2, 0.25) is 0 Å². The number of nitrogens with one attached hydrogen (secondary N) is 1. The van der Waals surface area contributed by atoms with Gasteiger partial charge in [-0.15, -0.1) is 23.4 Å². The Morgan fingerprint density at radius 1 is 1.13 bits per heavy atom. The fourth-order valence-electron chi connectivity index (χ4n) is 3.82. The van der Waals surface area contributed by atoms with Gasteiger partial charge in [-0.25, -0.2) is 4.98 Å². The molecule has 4 heterocycles. The van der Waals surface area contributed by atoms with Gasteiger partial charge in [0, 0.05) is 36.7 Å². The van der Waals surface area contributed by atoms with Crippen molar-refractivity contribution in [3.8, 4) is 17.0 Å². The molecule has 0 spiro atoms. The highest BCUT2D eigenvalue weighted by atomic mass is 19.4. The molecule has 0 saturated heterocycles. The SMILES string of the molecule is CCc1nnc2n1CCN(c1cc(-c3n[nH]c4ccc(OC(F)(F)F)cc34)ccn1)C2. The van der Waals surface area contributed by atoms with Crippen molar-refractivity contribution in [3.63, 3.8) is 0 Å². The highest BCUT2D eigenvalue weighted by Crippen LogP contribution is 2.33. The van der Waals surface area contributed by atoms with Gasteiger partial charge in [-0.2, -0.15) is 5.10 Å². The second-order valence-corrected chi connectivity index (χ2v) is 7.19. The van der Waals surface area contributed by atoms with Crippen LogP contribution in [0.4, 0.5) is 19.0 Å². The number of aromatic nitrogens is 6. The maximum atomic E-state index is 12.6. The Labute approximate surface area is 174 Å².